The van der Waals surface area contributed by atoms with E-state index < -0.39 is 0 Å². The smallest absolute Gasteiger partial charge is 0.137 e. The van der Waals surface area contributed by atoms with Crippen LogP contribution in [0.15, 0.2) is 24.3 Å². The van der Waals surface area contributed by atoms with E-state index >= 15 is 0 Å². The molecule has 1 aromatic carbocycles. The molecule has 1 aliphatic heterocycles. The lowest BCUT2D eigenvalue weighted by molar-refractivity contribution is -0.0272. The highest BCUT2D eigenvalue weighted by atomic mass is 19.1. The maximum Gasteiger partial charge on any atom is 0.137 e. The Labute approximate surface area is 83.1 Å². The summed E-state index contributed by atoms with van der Waals surface area (Å²) in [6.45, 7) is 3.66. The zero-order chi connectivity index (χ0) is 9.97. The van der Waals surface area contributed by atoms with Gasteiger partial charge in [0, 0.05) is 12.1 Å². The molecule has 14 heavy (non-hydrogen) atoms. The van der Waals surface area contributed by atoms with Gasteiger partial charge in [-0.25, -0.2) is 4.39 Å². The molecule has 76 valence electrons. The molecule has 1 aliphatic rings. The van der Waals surface area contributed by atoms with E-state index in [2.05, 4.69) is 12.2 Å². The predicted octanol–water partition coefficient (Wildman–Crippen LogP) is 2.08. The molecule has 1 saturated heterocycles. The van der Waals surface area contributed by atoms with Gasteiger partial charge in [0.2, 0.25) is 0 Å². The van der Waals surface area contributed by atoms with Gasteiger partial charge in [0.25, 0.3) is 0 Å². The van der Waals surface area contributed by atoms with Crippen LogP contribution in [0.2, 0.25) is 0 Å². The lowest BCUT2D eigenvalue weighted by Crippen LogP contribution is -2.36. The van der Waals surface area contributed by atoms with Gasteiger partial charge >= 0.3 is 0 Å². The minimum Gasteiger partial charge on any atom is -0.359 e. The van der Waals surface area contributed by atoms with Gasteiger partial charge in [0.05, 0.1) is 6.61 Å². The summed E-state index contributed by atoms with van der Waals surface area (Å²) >= 11 is 0. The van der Waals surface area contributed by atoms with Crippen LogP contribution in [-0.2, 0) is 4.74 Å². The summed E-state index contributed by atoms with van der Waals surface area (Å²) in [5.74, 6) is 0.289. The molecule has 2 nitrogen and oxygen atoms in total. The van der Waals surface area contributed by atoms with Crippen molar-refractivity contribution in [1.82, 2.24) is 5.32 Å². The van der Waals surface area contributed by atoms with Gasteiger partial charge in [-0.2, -0.15) is 0 Å². The minimum absolute atomic E-state index is 0.209. The summed E-state index contributed by atoms with van der Waals surface area (Å²) < 4.78 is 18.9. The number of halogens is 1. The summed E-state index contributed by atoms with van der Waals surface area (Å²) in [6.07, 6.45) is -0.285. The Kier molecular flexibility index (Phi) is 2.79. The standard InChI is InChI=1S/C11H14FNO/c1-8-6-13-11(14-7-8)9-4-2-3-5-10(9)12/h2-5,8,11,13H,6-7H2,1H3. The molecule has 1 fully saturated rings. The fraction of sp³-hybridized carbons (Fsp3) is 0.455. The fourth-order valence-electron chi connectivity index (χ4n) is 1.57. The number of hydrogen-bond acceptors (Lipinski definition) is 2. The van der Waals surface area contributed by atoms with E-state index in [1.54, 1.807) is 12.1 Å². The second-order valence-corrected chi connectivity index (χ2v) is 3.75. The van der Waals surface area contributed by atoms with Crippen molar-refractivity contribution in [1.29, 1.82) is 0 Å². The van der Waals surface area contributed by atoms with E-state index in [9.17, 15) is 4.39 Å². The van der Waals surface area contributed by atoms with Crippen LogP contribution in [0, 0.1) is 11.7 Å². The highest BCUT2D eigenvalue weighted by Crippen LogP contribution is 2.21. The lowest BCUT2D eigenvalue weighted by Gasteiger charge is -2.28. The van der Waals surface area contributed by atoms with Crippen LogP contribution in [0.5, 0.6) is 0 Å². The minimum atomic E-state index is -0.285. The number of rotatable bonds is 1. The molecule has 1 N–H and O–H groups in total. The highest BCUT2D eigenvalue weighted by molar-refractivity contribution is 5.19. The molecule has 2 unspecified atom stereocenters. The van der Waals surface area contributed by atoms with Crippen molar-refractivity contribution in [2.24, 2.45) is 5.92 Å². The van der Waals surface area contributed by atoms with E-state index in [0.29, 0.717) is 18.1 Å². The molecule has 0 saturated carbocycles. The second-order valence-electron chi connectivity index (χ2n) is 3.75. The second kappa shape index (κ2) is 4.07. The monoisotopic (exact) mass is 195 g/mol. The van der Waals surface area contributed by atoms with Gasteiger partial charge in [0.1, 0.15) is 12.0 Å². The summed E-state index contributed by atoms with van der Waals surface area (Å²) in [4.78, 5) is 0. The van der Waals surface area contributed by atoms with Crippen LogP contribution in [-0.4, -0.2) is 13.2 Å². The Hall–Kier alpha value is -0.930. The Morgan fingerprint density at radius 3 is 2.86 bits per heavy atom. The maximum absolute atomic E-state index is 13.4. The molecule has 0 aromatic heterocycles. The topological polar surface area (TPSA) is 21.3 Å². The number of benzene rings is 1. The zero-order valence-corrected chi connectivity index (χ0v) is 8.16. The molecule has 1 heterocycles. The van der Waals surface area contributed by atoms with Crippen molar-refractivity contribution in [3.63, 3.8) is 0 Å². The van der Waals surface area contributed by atoms with Gasteiger partial charge in [-0.1, -0.05) is 25.1 Å². The number of nitrogens with one attached hydrogen (secondary N) is 1. The average molecular weight is 195 g/mol. The molecule has 2 rings (SSSR count). The Bertz CT molecular complexity index is 308. The third kappa shape index (κ3) is 1.94. The van der Waals surface area contributed by atoms with E-state index in [1.165, 1.54) is 6.07 Å². The average Bonchev–Trinajstić information content (AvgIpc) is 2.20. The highest BCUT2D eigenvalue weighted by Gasteiger charge is 2.21. The summed E-state index contributed by atoms with van der Waals surface area (Å²) in [6, 6.07) is 6.72. The SMILES string of the molecule is CC1CNC(c2ccccc2F)OC1. The van der Waals surface area contributed by atoms with Crippen molar-refractivity contribution in [2.45, 2.75) is 13.2 Å². The zero-order valence-electron chi connectivity index (χ0n) is 8.16. The van der Waals surface area contributed by atoms with E-state index in [-0.39, 0.29) is 12.0 Å². The fourth-order valence-corrected chi connectivity index (χ4v) is 1.57. The van der Waals surface area contributed by atoms with Crippen molar-refractivity contribution < 1.29 is 9.13 Å². The van der Waals surface area contributed by atoms with Crippen molar-refractivity contribution >= 4 is 0 Å². The molecule has 3 heteroatoms. The van der Waals surface area contributed by atoms with Crippen LogP contribution in [0.1, 0.15) is 18.7 Å². The number of hydrogen-bond donors (Lipinski definition) is 1. The summed E-state index contributed by atoms with van der Waals surface area (Å²) in [5, 5.41) is 3.16. The predicted molar refractivity (Wildman–Crippen MR) is 52.3 cm³/mol. The van der Waals surface area contributed by atoms with Crippen LogP contribution >= 0.6 is 0 Å². The molecular formula is C11H14FNO. The first kappa shape index (κ1) is 9.62. The van der Waals surface area contributed by atoms with Crippen molar-refractivity contribution in [3.8, 4) is 0 Å². The summed E-state index contributed by atoms with van der Waals surface area (Å²) in [7, 11) is 0. The van der Waals surface area contributed by atoms with Crippen molar-refractivity contribution in [3.05, 3.63) is 35.6 Å². The van der Waals surface area contributed by atoms with Gasteiger partial charge < -0.3 is 4.74 Å². The van der Waals surface area contributed by atoms with Gasteiger partial charge in [-0.3, -0.25) is 5.32 Å². The number of ether oxygens (including phenoxy) is 1. The molecule has 0 bridgehead atoms. The molecule has 1 aromatic rings. The molecular weight excluding hydrogens is 181 g/mol. The van der Waals surface area contributed by atoms with Crippen LogP contribution < -0.4 is 5.32 Å². The molecule has 0 aliphatic carbocycles. The van der Waals surface area contributed by atoms with Gasteiger partial charge in [-0.05, 0) is 12.0 Å². The molecule has 2 atom stereocenters. The first-order valence-electron chi connectivity index (χ1n) is 4.87. The Balaban J connectivity index is 2.12. The normalized spacial score (nSPS) is 27.6. The lowest BCUT2D eigenvalue weighted by atomic mass is 10.1. The maximum atomic E-state index is 13.4. The van der Waals surface area contributed by atoms with Crippen LogP contribution in [0.4, 0.5) is 4.39 Å². The third-order valence-electron chi connectivity index (χ3n) is 2.39. The first-order valence-corrected chi connectivity index (χ1v) is 4.87. The van der Waals surface area contributed by atoms with Gasteiger partial charge in [-0.15, -0.1) is 0 Å². The quantitative estimate of drug-likeness (QED) is 0.740. The molecule has 0 radical (unpaired) electrons. The largest absolute Gasteiger partial charge is 0.359 e. The van der Waals surface area contributed by atoms with Crippen molar-refractivity contribution in [2.75, 3.05) is 13.2 Å². The Morgan fingerprint density at radius 1 is 1.43 bits per heavy atom. The van der Waals surface area contributed by atoms with E-state index in [4.69, 9.17) is 4.74 Å². The first-order chi connectivity index (χ1) is 6.77. The Morgan fingerprint density at radius 2 is 2.21 bits per heavy atom. The summed E-state index contributed by atoms with van der Waals surface area (Å²) in [5.41, 5.74) is 0.597. The molecule has 0 spiro atoms. The van der Waals surface area contributed by atoms with E-state index in [1.807, 2.05) is 6.07 Å². The van der Waals surface area contributed by atoms with Crippen LogP contribution in [0.25, 0.3) is 0 Å². The van der Waals surface area contributed by atoms with Gasteiger partial charge in [0.15, 0.2) is 0 Å². The third-order valence-corrected chi connectivity index (χ3v) is 2.39. The van der Waals surface area contributed by atoms with Crippen LogP contribution in [0.3, 0.4) is 0 Å². The molecule has 0 amide bonds. The van der Waals surface area contributed by atoms with E-state index in [0.717, 1.165) is 6.54 Å².